The zero-order valence-electron chi connectivity index (χ0n) is 19.6. The average molecular weight is 471 g/mol. The summed E-state index contributed by atoms with van der Waals surface area (Å²) in [6.07, 6.45) is 0.713. The summed E-state index contributed by atoms with van der Waals surface area (Å²) in [7, 11) is -3.52. The van der Waals surface area contributed by atoms with E-state index < -0.39 is 10.0 Å². The molecule has 0 N–H and O–H groups in total. The Morgan fingerprint density at radius 2 is 1.48 bits per heavy atom. The lowest BCUT2D eigenvalue weighted by Crippen LogP contribution is -2.54. The summed E-state index contributed by atoms with van der Waals surface area (Å²) < 4.78 is 27.7. The van der Waals surface area contributed by atoms with E-state index in [1.165, 1.54) is 5.69 Å². The van der Waals surface area contributed by atoms with E-state index in [4.69, 9.17) is 0 Å². The first kappa shape index (κ1) is 23.7. The molecule has 2 aliphatic heterocycles. The number of aryl methyl sites for hydroxylation is 1. The van der Waals surface area contributed by atoms with Gasteiger partial charge in [0.1, 0.15) is 0 Å². The Kier molecular flexibility index (Phi) is 7.36. The van der Waals surface area contributed by atoms with Gasteiger partial charge >= 0.3 is 0 Å². The van der Waals surface area contributed by atoms with E-state index in [0.29, 0.717) is 44.0 Å². The Morgan fingerprint density at radius 3 is 2.15 bits per heavy atom. The lowest BCUT2D eigenvalue weighted by atomic mass is 10.2. The van der Waals surface area contributed by atoms with Crippen LogP contribution >= 0.6 is 0 Å². The van der Waals surface area contributed by atoms with Crippen molar-refractivity contribution in [3.05, 3.63) is 60.2 Å². The number of amides is 1. The number of carbonyl (C=O) groups excluding carboxylic acids is 1. The lowest BCUT2D eigenvalue weighted by Gasteiger charge is -2.39. The maximum absolute atomic E-state index is 13.2. The molecule has 33 heavy (non-hydrogen) atoms. The van der Waals surface area contributed by atoms with Gasteiger partial charge in [-0.25, -0.2) is 8.42 Å². The van der Waals surface area contributed by atoms with Crippen molar-refractivity contribution < 1.29 is 13.2 Å². The summed E-state index contributed by atoms with van der Waals surface area (Å²) in [6, 6.07) is 17.1. The van der Waals surface area contributed by atoms with E-state index in [1.54, 1.807) is 16.4 Å². The van der Waals surface area contributed by atoms with E-state index in [2.05, 4.69) is 21.9 Å². The predicted octanol–water partition coefficient (Wildman–Crippen LogP) is 2.43. The molecule has 0 unspecified atom stereocenters. The van der Waals surface area contributed by atoms with Crippen molar-refractivity contribution in [2.75, 3.05) is 57.3 Å². The Bertz CT molecular complexity index is 1040. The zero-order valence-corrected chi connectivity index (χ0v) is 20.4. The third kappa shape index (κ3) is 5.39. The number of benzene rings is 2. The number of piperazine rings is 1. The third-order valence-electron chi connectivity index (χ3n) is 6.77. The molecule has 7 nitrogen and oxygen atoms in total. The average Bonchev–Trinajstić information content (AvgIpc) is 3.11. The van der Waals surface area contributed by atoms with Crippen LogP contribution in [0.3, 0.4) is 0 Å². The van der Waals surface area contributed by atoms with Gasteiger partial charge in [0.05, 0.1) is 10.9 Å². The van der Waals surface area contributed by atoms with Gasteiger partial charge in [-0.3, -0.25) is 9.69 Å². The summed E-state index contributed by atoms with van der Waals surface area (Å²) in [5.74, 6) is 0.137. The molecule has 2 saturated heterocycles. The van der Waals surface area contributed by atoms with Crippen LogP contribution in [0.4, 0.5) is 5.69 Å². The van der Waals surface area contributed by atoms with Gasteiger partial charge in [-0.1, -0.05) is 35.9 Å². The normalized spacial score (nSPS) is 19.8. The highest BCUT2D eigenvalue weighted by atomic mass is 32.2. The molecule has 2 aromatic carbocycles. The SMILES string of the molecule is Cc1ccc(S(=O)(=O)N2CCCN([C@@H](C)C(=O)N3CCN(c4ccccc4)CC3)CC2)cc1. The minimum Gasteiger partial charge on any atom is -0.368 e. The standard InChI is InChI=1S/C25H34N4O3S/c1-21-9-11-24(12-10-21)33(31,32)29-14-6-13-26(19-20-29)22(2)25(30)28-17-15-27(16-18-28)23-7-4-3-5-8-23/h3-5,7-12,22H,6,13-20H2,1-2H3/t22-/m0/s1. The first-order valence-corrected chi connectivity index (χ1v) is 13.2. The molecule has 2 aromatic rings. The highest BCUT2D eigenvalue weighted by molar-refractivity contribution is 7.89. The summed E-state index contributed by atoms with van der Waals surface area (Å²) >= 11 is 0. The molecule has 0 aromatic heterocycles. The fourth-order valence-electron chi connectivity index (χ4n) is 4.64. The largest absolute Gasteiger partial charge is 0.368 e. The maximum Gasteiger partial charge on any atom is 0.243 e. The van der Waals surface area contributed by atoms with E-state index in [0.717, 1.165) is 25.2 Å². The van der Waals surface area contributed by atoms with Gasteiger partial charge in [0, 0.05) is 58.0 Å². The van der Waals surface area contributed by atoms with Crippen molar-refractivity contribution in [3.63, 3.8) is 0 Å². The second-order valence-corrected chi connectivity index (χ2v) is 10.9. The van der Waals surface area contributed by atoms with Crippen LogP contribution in [-0.2, 0) is 14.8 Å². The van der Waals surface area contributed by atoms with Crippen molar-refractivity contribution in [1.29, 1.82) is 0 Å². The number of hydrogen-bond acceptors (Lipinski definition) is 5. The van der Waals surface area contributed by atoms with Crippen molar-refractivity contribution in [1.82, 2.24) is 14.1 Å². The van der Waals surface area contributed by atoms with Gasteiger partial charge < -0.3 is 9.80 Å². The number of para-hydroxylation sites is 1. The highest BCUT2D eigenvalue weighted by Gasteiger charge is 2.32. The lowest BCUT2D eigenvalue weighted by molar-refractivity contribution is -0.136. The minimum atomic E-state index is -3.52. The molecule has 1 atom stereocenters. The number of rotatable bonds is 5. The van der Waals surface area contributed by atoms with Crippen LogP contribution in [0.5, 0.6) is 0 Å². The summed E-state index contributed by atoms with van der Waals surface area (Å²) in [4.78, 5) is 20.0. The van der Waals surface area contributed by atoms with E-state index >= 15 is 0 Å². The molecule has 0 radical (unpaired) electrons. The van der Waals surface area contributed by atoms with Crippen LogP contribution in [0.25, 0.3) is 0 Å². The van der Waals surface area contributed by atoms with Crippen molar-refractivity contribution >= 4 is 21.6 Å². The fourth-order valence-corrected chi connectivity index (χ4v) is 6.11. The van der Waals surface area contributed by atoms with Gasteiger partial charge in [0.25, 0.3) is 0 Å². The molecule has 178 valence electrons. The maximum atomic E-state index is 13.2. The van der Waals surface area contributed by atoms with Gasteiger partial charge in [0.2, 0.25) is 15.9 Å². The Labute approximate surface area is 197 Å². The number of carbonyl (C=O) groups is 1. The van der Waals surface area contributed by atoms with E-state index in [-0.39, 0.29) is 11.9 Å². The molecule has 1 amide bonds. The van der Waals surface area contributed by atoms with Crippen LogP contribution in [0.2, 0.25) is 0 Å². The topological polar surface area (TPSA) is 64.2 Å². The molecule has 0 saturated carbocycles. The Balaban J connectivity index is 1.33. The second-order valence-electron chi connectivity index (χ2n) is 8.93. The highest BCUT2D eigenvalue weighted by Crippen LogP contribution is 2.20. The number of nitrogens with zero attached hydrogens (tertiary/aromatic N) is 4. The summed E-state index contributed by atoms with van der Waals surface area (Å²) in [5.41, 5.74) is 2.23. The van der Waals surface area contributed by atoms with Gasteiger partial charge in [-0.2, -0.15) is 4.31 Å². The Hall–Kier alpha value is -2.42. The monoisotopic (exact) mass is 470 g/mol. The molecular weight excluding hydrogens is 436 g/mol. The predicted molar refractivity (Wildman–Crippen MR) is 131 cm³/mol. The molecule has 4 rings (SSSR count). The molecule has 0 bridgehead atoms. The molecule has 0 spiro atoms. The van der Waals surface area contributed by atoms with Crippen LogP contribution in [-0.4, -0.2) is 86.8 Å². The van der Waals surface area contributed by atoms with Crippen LogP contribution in [0.1, 0.15) is 18.9 Å². The third-order valence-corrected chi connectivity index (χ3v) is 8.68. The van der Waals surface area contributed by atoms with E-state index in [9.17, 15) is 13.2 Å². The van der Waals surface area contributed by atoms with Crippen molar-refractivity contribution in [2.45, 2.75) is 31.2 Å². The first-order valence-electron chi connectivity index (χ1n) is 11.8. The summed E-state index contributed by atoms with van der Waals surface area (Å²) in [5, 5.41) is 0. The number of hydrogen-bond donors (Lipinski definition) is 0. The summed E-state index contributed by atoms with van der Waals surface area (Å²) in [6.45, 7) is 9.11. The van der Waals surface area contributed by atoms with Crippen LogP contribution in [0.15, 0.2) is 59.5 Å². The number of anilines is 1. The quantitative estimate of drug-likeness (QED) is 0.672. The van der Waals surface area contributed by atoms with Crippen LogP contribution < -0.4 is 4.90 Å². The van der Waals surface area contributed by atoms with Gasteiger partial charge in [-0.05, 0) is 44.5 Å². The molecule has 2 heterocycles. The molecular formula is C25H34N4O3S. The molecule has 0 aliphatic carbocycles. The van der Waals surface area contributed by atoms with E-state index in [1.807, 2.05) is 49.1 Å². The molecule has 2 aliphatic rings. The smallest absolute Gasteiger partial charge is 0.243 e. The fraction of sp³-hybridized carbons (Fsp3) is 0.480. The minimum absolute atomic E-state index is 0.137. The van der Waals surface area contributed by atoms with Crippen molar-refractivity contribution in [3.8, 4) is 0 Å². The van der Waals surface area contributed by atoms with Gasteiger partial charge in [0.15, 0.2) is 0 Å². The second kappa shape index (κ2) is 10.2. The zero-order chi connectivity index (χ0) is 23.4. The Morgan fingerprint density at radius 1 is 0.818 bits per heavy atom. The number of sulfonamides is 1. The van der Waals surface area contributed by atoms with Gasteiger partial charge in [-0.15, -0.1) is 0 Å². The van der Waals surface area contributed by atoms with Crippen molar-refractivity contribution in [2.24, 2.45) is 0 Å². The molecule has 2 fully saturated rings. The van der Waals surface area contributed by atoms with Crippen LogP contribution in [0, 0.1) is 6.92 Å². The molecule has 8 heteroatoms. The first-order chi connectivity index (χ1) is 15.9.